The summed E-state index contributed by atoms with van der Waals surface area (Å²) >= 11 is 5.61. The van der Waals surface area contributed by atoms with Crippen molar-refractivity contribution in [3.63, 3.8) is 0 Å². The van der Waals surface area contributed by atoms with E-state index in [2.05, 4.69) is 0 Å². The topological polar surface area (TPSA) is 63.4 Å². The van der Waals surface area contributed by atoms with Crippen LogP contribution < -0.4 is 0 Å². The van der Waals surface area contributed by atoms with Crippen molar-refractivity contribution >= 4 is 11.6 Å². The monoisotopic (exact) mass is 201 g/mol. The summed E-state index contributed by atoms with van der Waals surface area (Å²) in [7, 11) is 0. The fourth-order valence-electron chi connectivity index (χ4n) is 0.979. The summed E-state index contributed by atoms with van der Waals surface area (Å²) in [5, 5.41) is 19.7. The van der Waals surface area contributed by atoms with Crippen molar-refractivity contribution in [1.29, 1.82) is 0 Å². The summed E-state index contributed by atoms with van der Waals surface area (Å²) < 4.78 is 0. The molecule has 0 aliphatic rings. The maximum atomic E-state index is 10.4. The van der Waals surface area contributed by atoms with Crippen LogP contribution in [-0.2, 0) is 0 Å². The maximum Gasteiger partial charge on any atom is 0.260 e. The van der Waals surface area contributed by atoms with E-state index in [4.69, 9.17) is 16.7 Å². The molecule has 1 rings (SSSR count). The summed E-state index contributed by atoms with van der Waals surface area (Å²) in [6.07, 6.45) is 0. The Kier molecular flexibility index (Phi) is 3.22. The van der Waals surface area contributed by atoms with Crippen molar-refractivity contribution in [2.75, 3.05) is 6.61 Å². The zero-order valence-corrected chi connectivity index (χ0v) is 7.44. The highest BCUT2D eigenvalue weighted by Crippen LogP contribution is 2.18. The van der Waals surface area contributed by atoms with E-state index in [1.54, 1.807) is 12.1 Å². The highest BCUT2D eigenvalue weighted by Gasteiger charge is 2.20. The summed E-state index contributed by atoms with van der Waals surface area (Å²) in [6, 6.07) is 5.13. The Bertz CT molecular complexity index is 299. The van der Waals surface area contributed by atoms with Crippen molar-refractivity contribution in [1.82, 2.24) is 0 Å². The van der Waals surface area contributed by atoms with Crippen molar-refractivity contribution in [2.24, 2.45) is 0 Å². The Morgan fingerprint density at radius 1 is 1.46 bits per heavy atom. The molecule has 0 saturated carbocycles. The number of hydrogen-bond donors (Lipinski definition) is 1. The fourth-order valence-corrected chi connectivity index (χ4v) is 1.10. The number of nitro groups is 1. The zero-order valence-electron chi connectivity index (χ0n) is 6.68. The van der Waals surface area contributed by atoms with Gasteiger partial charge in [-0.15, -0.1) is 0 Å². The number of benzene rings is 1. The van der Waals surface area contributed by atoms with Gasteiger partial charge in [0.1, 0.15) is 6.61 Å². The Morgan fingerprint density at radius 2 is 2.00 bits per heavy atom. The predicted octanol–water partition coefficient (Wildman–Crippen LogP) is 1.65. The molecule has 13 heavy (non-hydrogen) atoms. The molecule has 0 bridgehead atoms. The first-order valence-electron chi connectivity index (χ1n) is 3.65. The Hall–Kier alpha value is -1.13. The largest absolute Gasteiger partial charge is 0.389 e. The predicted molar refractivity (Wildman–Crippen MR) is 48.3 cm³/mol. The Balaban J connectivity index is 2.92. The summed E-state index contributed by atoms with van der Waals surface area (Å²) in [5.41, 5.74) is 0.455. The first-order chi connectivity index (χ1) is 6.15. The standard InChI is InChI=1S/C8H8ClNO3/c9-7-3-1-6(2-4-7)8(5-11)10(12)13/h1-4,8,11H,5H2. The van der Waals surface area contributed by atoms with E-state index in [0.29, 0.717) is 10.6 Å². The minimum Gasteiger partial charge on any atom is -0.389 e. The van der Waals surface area contributed by atoms with Crippen LogP contribution >= 0.6 is 11.6 Å². The quantitative estimate of drug-likeness (QED) is 0.598. The number of nitrogens with zero attached hydrogens (tertiary/aromatic N) is 1. The van der Waals surface area contributed by atoms with E-state index < -0.39 is 17.6 Å². The second kappa shape index (κ2) is 4.20. The third kappa shape index (κ3) is 2.40. The number of halogens is 1. The molecule has 1 N–H and O–H groups in total. The van der Waals surface area contributed by atoms with Gasteiger partial charge in [-0.1, -0.05) is 23.7 Å². The Labute approximate surface area is 79.9 Å². The van der Waals surface area contributed by atoms with Crippen LogP contribution in [0.3, 0.4) is 0 Å². The molecule has 1 unspecified atom stereocenters. The van der Waals surface area contributed by atoms with Crippen molar-refractivity contribution in [2.45, 2.75) is 6.04 Å². The molecule has 0 radical (unpaired) electrons. The molecule has 0 aromatic heterocycles. The van der Waals surface area contributed by atoms with Gasteiger partial charge in [0.2, 0.25) is 0 Å². The molecule has 1 aromatic rings. The lowest BCUT2D eigenvalue weighted by Gasteiger charge is -2.05. The minimum atomic E-state index is -1.06. The third-order valence-electron chi connectivity index (χ3n) is 1.68. The number of aliphatic hydroxyl groups excluding tert-OH is 1. The fraction of sp³-hybridized carbons (Fsp3) is 0.250. The van der Waals surface area contributed by atoms with Gasteiger partial charge in [-0.25, -0.2) is 0 Å². The lowest BCUT2D eigenvalue weighted by Crippen LogP contribution is -2.14. The van der Waals surface area contributed by atoms with E-state index in [1.807, 2.05) is 0 Å². The molecule has 0 amide bonds. The molecule has 5 heteroatoms. The van der Waals surface area contributed by atoms with Crippen LogP contribution in [0.4, 0.5) is 0 Å². The lowest BCUT2D eigenvalue weighted by molar-refractivity contribution is -0.532. The summed E-state index contributed by atoms with van der Waals surface area (Å²) in [6.45, 7) is -0.505. The molecule has 0 saturated heterocycles. The van der Waals surface area contributed by atoms with Crippen LogP contribution in [0.25, 0.3) is 0 Å². The van der Waals surface area contributed by atoms with Crippen molar-refractivity contribution < 1.29 is 10.0 Å². The average Bonchev–Trinajstić information content (AvgIpc) is 2.09. The third-order valence-corrected chi connectivity index (χ3v) is 1.93. The highest BCUT2D eigenvalue weighted by atomic mass is 35.5. The first kappa shape index (κ1) is 9.95. The number of aliphatic hydroxyl groups is 1. The molecule has 0 aliphatic heterocycles. The van der Waals surface area contributed by atoms with Crippen molar-refractivity contribution in [3.05, 3.63) is 45.0 Å². The SMILES string of the molecule is O=[N+]([O-])C(CO)c1ccc(Cl)cc1. The van der Waals surface area contributed by atoms with Gasteiger partial charge in [-0.05, 0) is 12.1 Å². The van der Waals surface area contributed by atoms with Crippen LogP contribution in [0.15, 0.2) is 24.3 Å². The van der Waals surface area contributed by atoms with Crippen LogP contribution in [0, 0.1) is 10.1 Å². The molecule has 0 aliphatic carbocycles. The summed E-state index contributed by atoms with van der Waals surface area (Å²) in [4.78, 5) is 9.90. The lowest BCUT2D eigenvalue weighted by atomic mass is 10.1. The van der Waals surface area contributed by atoms with Crippen LogP contribution in [0.5, 0.6) is 0 Å². The van der Waals surface area contributed by atoms with Crippen LogP contribution in [-0.4, -0.2) is 16.6 Å². The normalized spacial score (nSPS) is 12.5. The molecule has 70 valence electrons. The first-order valence-corrected chi connectivity index (χ1v) is 4.02. The van der Waals surface area contributed by atoms with Gasteiger partial charge < -0.3 is 5.11 Å². The van der Waals surface area contributed by atoms with Gasteiger partial charge in [0.25, 0.3) is 6.04 Å². The van der Waals surface area contributed by atoms with Gasteiger partial charge in [-0.3, -0.25) is 10.1 Å². The number of rotatable bonds is 3. The van der Waals surface area contributed by atoms with Gasteiger partial charge >= 0.3 is 0 Å². The smallest absolute Gasteiger partial charge is 0.260 e. The molecule has 0 fully saturated rings. The Morgan fingerprint density at radius 3 is 2.38 bits per heavy atom. The second-order valence-electron chi connectivity index (χ2n) is 2.54. The molecule has 0 spiro atoms. The molecule has 0 heterocycles. The maximum absolute atomic E-state index is 10.4. The van der Waals surface area contributed by atoms with Crippen LogP contribution in [0.2, 0.25) is 5.02 Å². The molecular weight excluding hydrogens is 194 g/mol. The van der Waals surface area contributed by atoms with Gasteiger partial charge in [0.15, 0.2) is 0 Å². The van der Waals surface area contributed by atoms with Gasteiger partial charge in [0.05, 0.1) is 0 Å². The minimum absolute atomic E-state index is 0.455. The molecular formula is C8H8ClNO3. The van der Waals surface area contributed by atoms with Gasteiger partial charge in [-0.2, -0.15) is 0 Å². The number of hydrogen-bond acceptors (Lipinski definition) is 3. The van der Waals surface area contributed by atoms with Gasteiger partial charge in [0, 0.05) is 15.5 Å². The van der Waals surface area contributed by atoms with E-state index in [9.17, 15) is 10.1 Å². The zero-order chi connectivity index (χ0) is 9.84. The van der Waals surface area contributed by atoms with Crippen molar-refractivity contribution in [3.8, 4) is 0 Å². The second-order valence-corrected chi connectivity index (χ2v) is 2.97. The highest BCUT2D eigenvalue weighted by molar-refractivity contribution is 6.30. The van der Waals surface area contributed by atoms with E-state index >= 15 is 0 Å². The molecule has 4 nitrogen and oxygen atoms in total. The summed E-state index contributed by atoms with van der Waals surface area (Å²) in [5.74, 6) is 0. The van der Waals surface area contributed by atoms with E-state index in [1.165, 1.54) is 12.1 Å². The molecule has 1 atom stereocenters. The van der Waals surface area contributed by atoms with E-state index in [-0.39, 0.29) is 0 Å². The average molecular weight is 202 g/mol. The molecule has 1 aromatic carbocycles. The van der Waals surface area contributed by atoms with E-state index in [0.717, 1.165) is 0 Å². The van der Waals surface area contributed by atoms with Crippen LogP contribution in [0.1, 0.15) is 11.6 Å².